The summed E-state index contributed by atoms with van der Waals surface area (Å²) in [7, 11) is 1.44. The summed E-state index contributed by atoms with van der Waals surface area (Å²) >= 11 is 0. The number of ether oxygens (including phenoxy) is 2. The lowest BCUT2D eigenvalue weighted by molar-refractivity contribution is -0.757. The lowest BCUT2D eigenvalue weighted by Gasteiger charge is -2.06. The lowest BCUT2D eigenvalue weighted by Crippen LogP contribution is -2.11. The van der Waals surface area contributed by atoms with E-state index in [1.54, 1.807) is 24.3 Å². The maximum Gasteiger partial charge on any atom is 0.294 e. The largest absolute Gasteiger partial charge is 0.492 e. The molecule has 0 atom stereocenters. The van der Waals surface area contributed by atoms with Crippen LogP contribution in [-0.4, -0.2) is 37.8 Å². The highest BCUT2D eigenvalue weighted by Crippen LogP contribution is 2.13. The van der Waals surface area contributed by atoms with Crippen molar-refractivity contribution in [3.8, 4) is 5.75 Å². The molecule has 0 unspecified atom stereocenters. The van der Waals surface area contributed by atoms with Gasteiger partial charge < -0.3 is 14.3 Å². The standard InChI is InChI=1S/C11H13NO6/c1-16-8-11(13)9-3-2-4-10(7-9)17-5-6-18-12(14)15/h2-4,7H,5-6,8H2,1H3. The van der Waals surface area contributed by atoms with Gasteiger partial charge in [0.15, 0.2) is 5.78 Å². The Balaban J connectivity index is 2.49. The summed E-state index contributed by atoms with van der Waals surface area (Å²) in [6, 6.07) is 6.50. The average molecular weight is 255 g/mol. The summed E-state index contributed by atoms with van der Waals surface area (Å²) in [6.07, 6.45) is 0. The molecule has 0 fully saturated rings. The third kappa shape index (κ3) is 4.79. The molecule has 1 rings (SSSR count). The van der Waals surface area contributed by atoms with Crippen LogP contribution in [0.15, 0.2) is 24.3 Å². The Labute approximate surface area is 103 Å². The normalized spacial score (nSPS) is 9.83. The Morgan fingerprint density at radius 3 is 2.83 bits per heavy atom. The molecule has 0 saturated heterocycles. The van der Waals surface area contributed by atoms with E-state index in [9.17, 15) is 14.9 Å². The summed E-state index contributed by atoms with van der Waals surface area (Å²) in [6.45, 7) is -0.139. The number of rotatable bonds is 8. The van der Waals surface area contributed by atoms with Crippen LogP contribution >= 0.6 is 0 Å². The molecule has 0 spiro atoms. The van der Waals surface area contributed by atoms with Crippen molar-refractivity contribution in [3.63, 3.8) is 0 Å². The molecule has 1 aromatic carbocycles. The molecule has 0 aromatic heterocycles. The Morgan fingerprint density at radius 1 is 1.39 bits per heavy atom. The number of benzene rings is 1. The summed E-state index contributed by atoms with van der Waals surface area (Å²) in [5, 5.41) is 9.01. The zero-order valence-corrected chi connectivity index (χ0v) is 9.83. The molecule has 0 bridgehead atoms. The summed E-state index contributed by atoms with van der Waals surface area (Å²) in [5.41, 5.74) is 0.463. The van der Waals surface area contributed by atoms with Crippen LogP contribution in [0.25, 0.3) is 0 Å². The first-order valence-corrected chi connectivity index (χ1v) is 5.16. The van der Waals surface area contributed by atoms with Gasteiger partial charge in [-0.15, -0.1) is 10.1 Å². The van der Waals surface area contributed by atoms with Crippen molar-refractivity contribution in [2.24, 2.45) is 0 Å². The topological polar surface area (TPSA) is 87.9 Å². The van der Waals surface area contributed by atoms with Crippen LogP contribution in [0, 0.1) is 10.1 Å². The second-order valence-corrected chi connectivity index (χ2v) is 3.29. The van der Waals surface area contributed by atoms with Gasteiger partial charge in [-0.2, -0.15) is 0 Å². The third-order valence-corrected chi connectivity index (χ3v) is 1.98. The lowest BCUT2D eigenvalue weighted by atomic mass is 10.1. The summed E-state index contributed by atoms with van der Waals surface area (Å²) in [5.74, 6) is 0.286. The van der Waals surface area contributed by atoms with Gasteiger partial charge in [-0.25, -0.2) is 0 Å². The van der Waals surface area contributed by atoms with Crippen LogP contribution in [0.4, 0.5) is 0 Å². The molecule has 0 N–H and O–H groups in total. The van der Waals surface area contributed by atoms with Crippen molar-refractivity contribution in [2.75, 3.05) is 26.9 Å². The second-order valence-electron chi connectivity index (χ2n) is 3.29. The first-order chi connectivity index (χ1) is 8.63. The smallest absolute Gasteiger partial charge is 0.294 e. The number of ketones is 1. The van der Waals surface area contributed by atoms with Crippen molar-refractivity contribution in [3.05, 3.63) is 39.9 Å². The number of hydrogen-bond acceptors (Lipinski definition) is 6. The van der Waals surface area contributed by atoms with Gasteiger partial charge in [0.25, 0.3) is 5.09 Å². The van der Waals surface area contributed by atoms with E-state index >= 15 is 0 Å². The summed E-state index contributed by atoms with van der Waals surface area (Å²) in [4.78, 5) is 25.5. The molecule has 0 aliphatic carbocycles. The number of methoxy groups -OCH3 is 1. The molecule has 98 valence electrons. The molecule has 7 heteroatoms. The number of Topliss-reactive ketones (excluding diaryl/α,β-unsaturated/α-hetero) is 1. The Bertz CT molecular complexity index is 420. The first kappa shape index (κ1) is 13.9. The Morgan fingerprint density at radius 2 is 2.17 bits per heavy atom. The SMILES string of the molecule is COCC(=O)c1cccc(OCCO[N+](=O)[O-])c1. The van der Waals surface area contributed by atoms with Crippen molar-refractivity contribution >= 4 is 5.78 Å². The highest BCUT2D eigenvalue weighted by Gasteiger charge is 2.06. The van der Waals surface area contributed by atoms with Gasteiger partial charge >= 0.3 is 0 Å². The third-order valence-electron chi connectivity index (χ3n) is 1.98. The summed E-state index contributed by atoms with van der Waals surface area (Å²) < 4.78 is 9.94. The van der Waals surface area contributed by atoms with Crippen LogP contribution < -0.4 is 4.74 Å². The molecule has 0 heterocycles. The van der Waals surface area contributed by atoms with Crippen molar-refractivity contribution in [1.82, 2.24) is 0 Å². The number of carbonyl (C=O) groups is 1. The van der Waals surface area contributed by atoms with Crippen LogP contribution in [0.1, 0.15) is 10.4 Å². The van der Waals surface area contributed by atoms with Crippen LogP contribution in [0.2, 0.25) is 0 Å². The average Bonchev–Trinajstić information content (AvgIpc) is 2.35. The van der Waals surface area contributed by atoms with E-state index in [0.717, 1.165) is 0 Å². The van der Waals surface area contributed by atoms with E-state index < -0.39 is 5.09 Å². The highest BCUT2D eigenvalue weighted by atomic mass is 17.0. The predicted octanol–water partition coefficient (Wildman–Crippen LogP) is 1.10. The molecule has 1 aromatic rings. The minimum Gasteiger partial charge on any atom is -0.492 e. The number of carbonyl (C=O) groups excluding carboxylic acids is 1. The monoisotopic (exact) mass is 255 g/mol. The van der Waals surface area contributed by atoms with E-state index in [-0.39, 0.29) is 25.6 Å². The van der Waals surface area contributed by atoms with Gasteiger partial charge in [0.2, 0.25) is 0 Å². The molecule has 0 amide bonds. The molecule has 0 aliphatic rings. The molecule has 0 saturated carbocycles. The molecular weight excluding hydrogens is 242 g/mol. The van der Waals surface area contributed by atoms with Gasteiger partial charge in [-0.05, 0) is 12.1 Å². The van der Waals surface area contributed by atoms with Crippen molar-refractivity contribution < 1.29 is 24.2 Å². The molecule has 18 heavy (non-hydrogen) atoms. The zero-order chi connectivity index (χ0) is 13.4. The van der Waals surface area contributed by atoms with E-state index in [4.69, 9.17) is 9.47 Å². The minimum atomic E-state index is -0.887. The first-order valence-electron chi connectivity index (χ1n) is 5.16. The van der Waals surface area contributed by atoms with E-state index in [0.29, 0.717) is 11.3 Å². The number of hydrogen-bond donors (Lipinski definition) is 0. The maximum atomic E-state index is 11.5. The van der Waals surface area contributed by atoms with Crippen LogP contribution in [0.5, 0.6) is 5.75 Å². The van der Waals surface area contributed by atoms with Gasteiger partial charge in [0, 0.05) is 12.7 Å². The van der Waals surface area contributed by atoms with Gasteiger partial charge in [-0.3, -0.25) is 4.79 Å². The zero-order valence-electron chi connectivity index (χ0n) is 9.83. The Hall–Kier alpha value is -2.15. The molecule has 7 nitrogen and oxygen atoms in total. The predicted molar refractivity (Wildman–Crippen MR) is 61.1 cm³/mol. The van der Waals surface area contributed by atoms with Crippen LogP contribution in [0.3, 0.4) is 0 Å². The second kappa shape index (κ2) is 7.23. The number of nitrogens with zero attached hydrogens (tertiary/aromatic N) is 1. The molecule has 0 aliphatic heterocycles. The van der Waals surface area contributed by atoms with Gasteiger partial charge in [-0.1, -0.05) is 12.1 Å². The quantitative estimate of drug-likeness (QED) is 0.299. The highest BCUT2D eigenvalue weighted by molar-refractivity contribution is 5.97. The van der Waals surface area contributed by atoms with E-state index in [1.807, 2.05) is 0 Å². The fourth-order valence-electron chi connectivity index (χ4n) is 1.25. The minimum absolute atomic E-state index is 0.00606. The van der Waals surface area contributed by atoms with Crippen molar-refractivity contribution in [1.29, 1.82) is 0 Å². The Kier molecular flexibility index (Phi) is 5.59. The molecule has 0 radical (unpaired) electrons. The van der Waals surface area contributed by atoms with Crippen molar-refractivity contribution in [2.45, 2.75) is 0 Å². The van der Waals surface area contributed by atoms with Gasteiger partial charge in [0.05, 0.1) is 0 Å². The van der Waals surface area contributed by atoms with E-state index in [1.165, 1.54) is 7.11 Å². The van der Waals surface area contributed by atoms with Crippen LogP contribution in [-0.2, 0) is 9.57 Å². The van der Waals surface area contributed by atoms with Gasteiger partial charge in [0.1, 0.15) is 25.6 Å². The molecular formula is C11H13NO6. The fraction of sp³-hybridized carbons (Fsp3) is 0.364. The maximum absolute atomic E-state index is 11.5. The fourth-order valence-corrected chi connectivity index (χ4v) is 1.25. The van der Waals surface area contributed by atoms with E-state index in [2.05, 4.69) is 4.84 Å².